The maximum Gasteiger partial charge on any atom is 0.331 e. The average Bonchev–Trinajstić information content (AvgIpc) is 2.41. The number of carbonyl (C=O) groups excluding carboxylic acids is 1. The number of rotatable bonds is 8. The van der Waals surface area contributed by atoms with E-state index in [0.717, 1.165) is 16.9 Å². The van der Waals surface area contributed by atoms with E-state index in [9.17, 15) is 9.59 Å². The zero-order chi connectivity index (χ0) is 16.8. The predicted molar refractivity (Wildman–Crippen MR) is 82.1 cm³/mol. The lowest BCUT2D eigenvalue weighted by Gasteiger charge is -2.25. The molecule has 1 amide bonds. The van der Waals surface area contributed by atoms with Crippen molar-refractivity contribution in [2.24, 2.45) is 0 Å². The summed E-state index contributed by atoms with van der Waals surface area (Å²) in [5.41, 5.74) is 0.695. The molecule has 1 rings (SSSR count). The lowest BCUT2D eigenvalue weighted by Crippen LogP contribution is -2.55. The summed E-state index contributed by atoms with van der Waals surface area (Å²) in [7, 11) is 1.39. The molecular weight excluding hydrogens is 286 g/mol. The van der Waals surface area contributed by atoms with Crippen LogP contribution in [0.2, 0.25) is 0 Å². The fourth-order valence-corrected chi connectivity index (χ4v) is 2.03. The monoisotopic (exact) mass is 309 g/mol. The first-order valence-corrected chi connectivity index (χ1v) is 7.02. The highest BCUT2D eigenvalue weighted by molar-refractivity contribution is 5.86. The fraction of sp³-hybridized carbons (Fsp3) is 0.500. The summed E-state index contributed by atoms with van der Waals surface area (Å²) in [5.74, 6) is -0.819. The van der Waals surface area contributed by atoms with Gasteiger partial charge in [0.15, 0.2) is 5.54 Å². The van der Waals surface area contributed by atoms with Crippen LogP contribution in [0.15, 0.2) is 18.2 Å². The summed E-state index contributed by atoms with van der Waals surface area (Å²) in [6.45, 7) is 5.40. The summed E-state index contributed by atoms with van der Waals surface area (Å²) in [6, 6.07) is 5.78. The van der Waals surface area contributed by atoms with Gasteiger partial charge >= 0.3 is 5.97 Å². The maximum absolute atomic E-state index is 11.9. The number of ether oxygens (including phenoxy) is 2. The second kappa shape index (κ2) is 7.79. The van der Waals surface area contributed by atoms with Crippen LogP contribution < -0.4 is 10.1 Å². The van der Waals surface area contributed by atoms with Crippen molar-refractivity contribution in [1.29, 1.82) is 0 Å². The van der Waals surface area contributed by atoms with Gasteiger partial charge in [-0.25, -0.2) is 4.79 Å². The standard InChI is InChI=1S/C16H23NO5/c1-11-5-6-13(12(2)9-11)22-8-7-14(18)17-16(3,10-21-4)15(19)20/h5-6,9H,7-8,10H2,1-4H3,(H,17,18)(H,19,20). The van der Waals surface area contributed by atoms with Gasteiger partial charge in [-0.1, -0.05) is 17.7 Å². The molecule has 2 N–H and O–H groups in total. The lowest BCUT2D eigenvalue weighted by molar-refractivity contribution is -0.149. The number of carbonyl (C=O) groups is 2. The summed E-state index contributed by atoms with van der Waals surface area (Å²) in [5, 5.41) is 11.6. The van der Waals surface area contributed by atoms with Crippen molar-refractivity contribution in [3.05, 3.63) is 29.3 Å². The van der Waals surface area contributed by atoms with E-state index in [-0.39, 0.29) is 19.6 Å². The van der Waals surface area contributed by atoms with Gasteiger partial charge in [-0.2, -0.15) is 0 Å². The van der Waals surface area contributed by atoms with E-state index in [2.05, 4.69) is 5.32 Å². The van der Waals surface area contributed by atoms with Gasteiger partial charge in [0.25, 0.3) is 0 Å². The van der Waals surface area contributed by atoms with E-state index in [0.29, 0.717) is 0 Å². The molecule has 6 heteroatoms. The number of carboxylic acid groups (broad SMARTS) is 1. The molecule has 22 heavy (non-hydrogen) atoms. The molecule has 0 radical (unpaired) electrons. The molecule has 0 aliphatic carbocycles. The Morgan fingerprint density at radius 3 is 2.55 bits per heavy atom. The zero-order valence-electron chi connectivity index (χ0n) is 13.4. The second-order valence-electron chi connectivity index (χ2n) is 5.49. The van der Waals surface area contributed by atoms with Crippen molar-refractivity contribution in [3.63, 3.8) is 0 Å². The number of aryl methyl sites for hydroxylation is 2. The van der Waals surface area contributed by atoms with E-state index in [1.165, 1.54) is 14.0 Å². The molecule has 0 spiro atoms. The van der Waals surface area contributed by atoms with Crippen molar-refractivity contribution < 1.29 is 24.2 Å². The smallest absolute Gasteiger partial charge is 0.331 e. The number of hydrogen-bond acceptors (Lipinski definition) is 4. The van der Waals surface area contributed by atoms with Crippen LogP contribution in [0.3, 0.4) is 0 Å². The third-order valence-corrected chi connectivity index (χ3v) is 3.24. The summed E-state index contributed by atoms with van der Waals surface area (Å²) in [4.78, 5) is 23.0. The third kappa shape index (κ3) is 5.04. The molecule has 6 nitrogen and oxygen atoms in total. The Morgan fingerprint density at radius 1 is 1.32 bits per heavy atom. The Kier molecular flexibility index (Phi) is 6.37. The van der Waals surface area contributed by atoms with Crippen LogP contribution in [0.25, 0.3) is 0 Å². The highest BCUT2D eigenvalue weighted by Crippen LogP contribution is 2.18. The van der Waals surface area contributed by atoms with Crippen molar-refractivity contribution in [2.75, 3.05) is 20.3 Å². The third-order valence-electron chi connectivity index (χ3n) is 3.24. The quantitative estimate of drug-likeness (QED) is 0.763. The highest BCUT2D eigenvalue weighted by Gasteiger charge is 2.34. The normalized spacial score (nSPS) is 13.3. The van der Waals surface area contributed by atoms with Crippen molar-refractivity contribution in [1.82, 2.24) is 5.32 Å². The molecule has 0 aliphatic heterocycles. The van der Waals surface area contributed by atoms with Crippen LogP contribution >= 0.6 is 0 Å². The van der Waals surface area contributed by atoms with Crippen LogP contribution in [-0.4, -0.2) is 42.8 Å². The van der Waals surface area contributed by atoms with Crippen LogP contribution in [0.5, 0.6) is 5.75 Å². The Morgan fingerprint density at radius 2 is 2.00 bits per heavy atom. The number of hydrogen-bond donors (Lipinski definition) is 2. The van der Waals surface area contributed by atoms with Gasteiger partial charge in [-0.05, 0) is 32.4 Å². The van der Waals surface area contributed by atoms with Gasteiger partial charge in [0.1, 0.15) is 5.75 Å². The minimum atomic E-state index is -1.44. The van der Waals surface area contributed by atoms with Gasteiger partial charge in [-0.3, -0.25) is 4.79 Å². The molecule has 1 unspecified atom stereocenters. The molecule has 1 atom stereocenters. The summed E-state index contributed by atoms with van der Waals surface area (Å²) < 4.78 is 10.4. The first-order valence-electron chi connectivity index (χ1n) is 7.02. The molecule has 0 saturated heterocycles. The number of nitrogens with one attached hydrogen (secondary N) is 1. The Bertz CT molecular complexity index is 543. The molecule has 0 aliphatic rings. The highest BCUT2D eigenvalue weighted by atomic mass is 16.5. The van der Waals surface area contributed by atoms with Gasteiger partial charge in [0, 0.05) is 7.11 Å². The van der Waals surface area contributed by atoms with E-state index in [1.54, 1.807) is 0 Å². The van der Waals surface area contributed by atoms with Gasteiger partial charge in [-0.15, -0.1) is 0 Å². The largest absolute Gasteiger partial charge is 0.493 e. The first-order chi connectivity index (χ1) is 10.3. The fourth-order valence-electron chi connectivity index (χ4n) is 2.03. The van der Waals surface area contributed by atoms with Gasteiger partial charge < -0.3 is 19.9 Å². The molecule has 122 valence electrons. The lowest BCUT2D eigenvalue weighted by atomic mass is 10.0. The van der Waals surface area contributed by atoms with Gasteiger partial charge in [0.05, 0.1) is 19.6 Å². The van der Waals surface area contributed by atoms with Crippen LogP contribution in [-0.2, 0) is 14.3 Å². The van der Waals surface area contributed by atoms with Gasteiger partial charge in [0.2, 0.25) is 5.91 Å². The minimum Gasteiger partial charge on any atom is -0.493 e. The first kappa shape index (κ1) is 18.0. The Balaban J connectivity index is 2.50. The molecule has 1 aromatic carbocycles. The van der Waals surface area contributed by atoms with E-state index in [4.69, 9.17) is 14.6 Å². The Labute approximate surface area is 130 Å². The number of amides is 1. The zero-order valence-corrected chi connectivity index (χ0v) is 13.4. The van der Waals surface area contributed by atoms with Crippen LogP contribution in [0, 0.1) is 13.8 Å². The second-order valence-corrected chi connectivity index (χ2v) is 5.49. The number of carboxylic acids is 1. The summed E-state index contributed by atoms with van der Waals surface area (Å²) >= 11 is 0. The van der Waals surface area contributed by atoms with Crippen LogP contribution in [0.4, 0.5) is 0 Å². The molecule has 1 aromatic rings. The topological polar surface area (TPSA) is 84.9 Å². The molecule has 0 saturated carbocycles. The number of methoxy groups -OCH3 is 1. The predicted octanol–water partition coefficient (Wildman–Crippen LogP) is 1.68. The molecular formula is C16H23NO5. The number of benzene rings is 1. The maximum atomic E-state index is 11.9. The SMILES string of the molecule is COCC(C)(NC(=O)CCOc1ccc(C)cc1C)C(=O)O. The summed E-state index contributed by atoms with van der Waals surface area (Å²) in [6.07, 6.45) is 0.0693. The Hall–Kier alpha value is -2.08. The molecule has 0 aromatic heterocycles. The van der Waals surface area contributed by atoms with Crippen molar-refractivity contribution in [3.8, 4) is 5.75 Å². The molecule has 0 bridgehead atoms. The van der Waals surface area contributed by atoms with Crippen molar-refractivity contribution >= 4 is 11.9 Å². The van der Waals surface area contributed by atoms with E-state index < -0.39 is 17.4 Å². The van der Waals surface area contributed by atoms with E-state index >= 15 is 0 Å². The average molecular weight is 309 g/mol. The molecule has 0 heterocycles. The minimum absolute atomic E-state index is 0.0693. The number of aliphatic carboxylic acids is 1. The van der Waals surface area contributed by atoms with Crippen molar-refractivity contribution in [2.45, 2.75) is 32.7 Å². The van der Waals surface area contributed by atoms with Crippen LogP contribution in [0.1, 0.15) is 24.5 Å². The molecule has 0 fully saturated rings. The van der Waals surface area contributed by atoms with E-state index in [1.807, 2.05) is 32.0 Å².